The third-order valence-corrected chi connectivity index (χ3v) is 7.16. The topological polar surface area (TPSA) is 165 Å². The number of ether oxygens (including phenoxy) is 12. The Morgan fingerprint density at radius 3 is 0.865 bits per heavy atom. The summed E-state index contributed by atoms with van der Waals surface area (Å²) in [6.45, 7) is 12.4. The first kappa shape index (κ1) is 50.5. The average molecular weight is 757 g/mol. The number of carboxylic acid groups (broad SMARTS) is 1. The normalized spacial score (nSPS) is 11.4. The van der Waals surface area contributed by atoms with E-state index >= 15 is 0 Å². The lowest BCUT2D eigenvalue weighted by molar-refractivity contribution is -0.145. The van der Waals surface area contributed by atoms with Crippen LogP contribution < -0.4 is 0 Å². The molecule has 0 amide bonds. The quantitative estimate of drug-likeness (QED) is 0.0697. The maximum absolute atomic E-state index is 11.8. The number of carbonyl (C=O) groups excluding carboxylic acids is 1. The molecule has 52 heavy (non-hydrogen) atoms. The van der Waals surface area contributed by atoms with Crippen LogP contribution in [0.4, 0.5) is 0 Å². The van der Waals surface area contributed by atoms with Crippen molar-refractivity contribution in [2.75, 3.05) is 152 Å². The van der Waals surface area contributed by atoms with Gasteiger partial charge in [0.15, 0.2) is 0 Å². The average Bonchev–Trinajstić information content (AvgIpc) is 3.13. The van der Waals surface area contributed by atoms with Gasteiger partial charge in [-0.2, -0.15) is 0 Å². The number of hydrogen-bond acceptors (Lipinski definition) is 14. The molecule has 0 aromatic rings. The van der Waals surface area contributed by atoms with Gasteiger partial charge in [0.25, 0.3) is 0 Å². The summed E-state index contributed by atoms with van der Waals surface area (Å²) in [6.07, 6.45) is 11.5. The monoisotopic (exact) mass is 756 g/mol. The van der Waals surface area contributed by atoms with Gasteiger partial charge in [-0.05, 0) is 6.42 Å². The van der Waals surface area contributed by atoms with Crippen LogP contribution in [-0.4, -0.2) is 169 Å². The first-order chi connectivity index (χ1) is 25.7. The highest BCUT2D eigenvalue weighted by molar-refractivity contribution is 5.69. The predicted octanol–water partition coefficient (Wildman–Crippen LogP) is 4.11. The van der Waals surface area contributed by atoms with Crippen molar-refractivity contribution >= 4 is 11.9 Å². The summed E-state index contributed by atoms with van der Waals surface area (Å²) in [6, 6.07) is 0. The van der Waals surface area contributed by atoms with E-state index in [1.165, 1.54) is 44.9 Å². The Hall–Kier alpha value is -1.50. The molecule has 0 aromatic heterocycles. The minimum absolute atomic E-state index is 0.00470. The van der Waals surface area contributed by atoms with Crippen molar-refractivity contribution in [1.29, 1.82) is 0 Å². The fraction of sp³-hybridized carbons (Fsp3) is 0.946. The molecule has 0 aliphatic heterocycles. The number of aliphatic carboxylic acids is 1. The van der Waals surface area contributed by atoms with E-state index in [0.29, 0.717) is 145 Å². The molecule has 310 valence electrons. The molecule has 0 aliphatic rings. The zero-order valence-corrected chi connectivity index (χ0v) is 32.2. The molecule has 0 aromatic carbocycles. The van der Waals surface area contributed by atoms with Crippen molar-refractivity contribution in [2.45, 2.75) is 77.6 Å². The van der Waals surface area contributed by atoms with E-state index in [1.54, 1.807) is 0 Å². The number of carbonyl (C=O) groups is 2. The maximum atomic E-state index is 11.8. The SMILES string of the molecule is CCCCCCCCCCCC(=O)OCCOCCOCCOCCOCCOCCOCCOCCOCCOCCOCCOCCC(=O)O. The second kappa shape index (κ2) is 45.7. The van der Waals surface area contributed by atoms with Crippen molar-refractivity contribution in [3.8, 4) is 0 Å². The Morgan fingerprint density at radius 2 is 0.577 bits per heavy atom. The van der Waals surface area contributed by atoms with Crippen LogP contribution in [0.1, 0.15) is 77.6 Å². The molecular weight excluding hydrogens is 684 g/mol. The van der Waals surface area contributed by atoms with Crippen molar-refractivity contribution in [2.24, 2.45) is 0 Å². The molecule has 0 atom stereocenters. The summed E-state index contributed by atoms with van der Waals surface area (Å²) in [7, 11) is 0. The van der Waals surface area contributed by atoms with E-state index in [-0.39, 0.29) is 25.6 Å². The van der Waals surface area contributed by atoms with Gasteiger partial charge in [0, 0.05) is 6.42 Å². The van der Waals surface area contributed by atoms with Crippen molar-refractivity contribution in [1.82, 2.24) is 0 Å². The fourth-order valence-corrected chi connectivity index (χ4v) is 4.33. The number of rotatable bonds is 46. The highest BCUT2D eigenvalue weighted by Gasteiger charge is 2.03. The second-order valence-electron chi connectivity index (χ2n) is 11.7. The Morgan fingerprint density at radius 1 is 0.327 bits per heavy atom. The van der Waals surface area contributed by atoms with Gasteiger partial charge in [-0.3, -0.25) is 9.59 Å². The molecule has 15 heteroatoms. The van der Waals surface area contributed by atoms with Crippen molar-refractivity contribution in [3.63, 3.8) is 0 Å². The highest BCUT2D eigenvalue weighted by Crippen LogP contribution is 2.10. The Balaban J connectivity index is 3.11. The molecule has 0 fully saturated rings. The molecule has 0 spiro atoms. The van der Waals surface area contributed by atoms with Gasteiger partial charge < -0.3 is 61.9 Å². The third-order valence-electron chi connectivity index (χ3n) is 7.16. The first-order valence-electron chi connectivity index (χ1n) is 19.4. The van der Waals surface area contributed by atoms with Crippen LogP contribution in [0.3, 0.4) is 0 Å². The van der Waals surface area contributed by atoms with E-state index in [4.69, 9.17) is 61.9 Å². The van der Waals surface area contributed by atoms with E-state index in [9.17, 15) is 9.59 Å². The van der Waals surface area contributed by atoms with Gasteiger partial charge in [0.05, 0.1) is 152 Å². The van der Waals surface area contributed by atoms with Gasteiger partial charge in [0.1, 0.15) is 6.61 Å². The molecule has 0 saturated heterocycles. The smallest absolute Gasteiger partial charge is 0.305 e. The molecular formula is C37H72O15. The third kappa shape index (κ3) is 46.5. The van der Waals surface area contributed by atoms with Crippen LogP contribution >= 0.6 is 0 Å². The van der Waals surface area contributed by atoms with E-state index < -0.39 is 5.97 Å². The second-order valence-corrected chi connectivity index (χ2v) is 11.7. The largest absolute Gasteiger partial charge is 0.481 e. The zero-order chi connectivity index (χ0) is 37.7. The van der Waals surface area contributed by atoms with E-state index in [1.807, 2.05) is 0 Å². The summed E-state index contributed by atoms with van der Waals surface area (Å²) < 4.78 is 64.8. The Kier molecular flexibility index (Phi) is 44.3. The van der Waals surface area contributed by atoms with Crippen LogP contribution in [0.15, 0.2) is 0 Å². The first-order valence-corrected chi connectivity index (χ1v) is 19.4. The van der Waals surface area contributed by atoms with Crippen LogP contribution in [-0.2, 0) is 66.4 Å². The summed E-state index contributed by atoms with van der Waals surface area (Å²) in [5, 5.41) is 8.50. The van der Waals surface area contributed by atoms with Crippen LogP contribution in [0.25, 0.3) is 0 Å². The minimum atomic E-state index is -0.876. The molecule has 0 rings (SSSR count). The lowest BCUT2D eigenvalue weighted by Gasteiger charge is -2.09. The van der Waals surface area contributed by atoms with Crippen molar-refractivity contribution in [3.05, 3.63) is 0 Å². The van der Waals surface area contributed by atoms with Gasteiger partial charge in [0.2, 0.25) is 0 Å². The summed E-state index contributed by atoms with van der Waals surface area (Å²) >= 11 is 0. The summed E-state index contributed by atoms with van der Waals surface area (Å²) in [5.74, 6) is -1.02. The molecule has 0 radical (unpaired) electrons. The fourth-order valence-electron chi connectivity index (χ4n) is 4.33. The van der Waals surface area contributed by atoms with E-state index in [2.05, 4.69) is 6.92 Å². The van der Waals surface area contributed by atoms with Gasteiger partial charge in [-0.25, -0.2) is 0 Å². The highest BCUT2D eigenvalue weighted by atomic mass is 16.6. The molecule has 1 N–H and O–H groups in total. The molecule has 0 heterocycles. The molecule has 0 aliphatic carbocycles. The summed E-state index contributed by atoms with van der Waals surface area (Å²) in [4.78, 5) is 22.1. The van der Waals surface area contributed by atoms with Crippen LogP contribution in [0.2, 0.25) is 0 Å². The summed E-state index contributed by atoms with van der Waals surface area (Å²) in [5.41, 5.74) is 0. The predicted molar refractivity (Wildman–Crippen MR) is 194 cm³/mol. The van der Waals surface area contributed by atoms with Gasteiger partial charge >= 0.3 is 11.9 Å². The molecule has 0 bridgehead atoms. The number of unbranched alkanes of at least 4 members (excludes halogenated alkanes) is 8. The van der Waals surface area contributed by atoms with Crippen LogP contribution in [0, 0.1) is 0 Å². The Labute approximate surface area is 312 Å². The van der Waals surface area contributed by atoms with Gasteiger partial charge in [-0.1, -0.05) is 58.3 Å². The number of carboxylic acids is 1. The van der Waals surface area contributed by atoms with E-state index in [0.717, 1.165) is 12.8 Å². The molecule has 15 nitrogen and oxygen atoms in total. The lowest BCUT2D eigenvalue weighted by Crippen LogP contribution is -2.15. The van der Waals surface area contributed by atoms with Gasteiger partial charge in [-0.15, -0.1) is 0 Å². The minimum Gasteiger partial charge on any atom is -0.481 e. The zero-order valence-electron chi connectivity index (χ0n) is 32.2. The lowest BCUT2D eigenvalue weighted by atomic mass is 10.1. The van der Waals surface area contributed by atoms with Crippen LogP contribution in [0.5, 0.6) is 0 Å². The van der Waals surface area contributed by atoms with Crippen molar-refractivity contribution < 1.29 is 71.5 Å². The number of hydrogen-bond donors (Lipinski definition) is 1. The standard InChI is InChI=1S/C37H72O15/c1-2-3-4-5-6-7-8-9-10-11-37(40)52-35-34-51-33-32-50-31-30-49-29-28-48-27-26-47-25-24-46-23-22-45-21-20-44-19-18-43-17-16-42-15-14-41-13-12-36(38)39/h2-35H2,1H3,(H,38,39). The maximum Gasteiger partial charge on any atom is 0.305 e. The number of esters is 1. The Bertz CT molecular complexity index is 717. The molecule has 0 unspecified atom stereocenters. The molecule has 0 saturated carbocycles.